The lowest BCUT2D eigenvalue weighted by Gasteiger charge is -2.27. The molecule has 0 atom stereocenters. The fourth-order valence-electron chi connectivity index (χ4n) is 1.71. The number of nitrogens with two attached hydrogens (primary N) is 1. The second-order valence-corrected chi connectivity index (χ2v) is 5.66. The van der Waals surface area contributed by atoms with Gasteiger partial charge in [-0.15, -0.1) is 0 Å². The van der Waals surface area contributed by atoms with Crippen molar-refractivity contribution < 1.29 is 12.9 Å². The molecule has 0 radical (unpaired) electrons. The van der Waals surface area contributed by atoms with Gasteiger partial charge in [-0.3, -0.25) is 0 Å². The van der Waals surface area contributed by atoms with Crippen LogP contribution in [0.3, 0.4) is 0 Å². The molecule has 90 valence electrons. The molecule has 0 spiro atoms. The van der Waals surface area contributed by atoms with E-state index in [1.165, 1.54) is 0 Å². The summed E-state index contributed by atoms with van der Waals surface area (Å²) in [5.74, 6) is 0.178. The number of rotatable bonds is 2. The van der Waals surface area contributed by atoms with E-state index in [0.29, 0.717) is 18.9 Å². The lowest BCUT2D eigenvalue weighted by Crippen LogP contribution is -2.44. The number of sulfone groups is 1. The van der Waals surface area contributed by atoms with Crippen molar-refractivity contribution in [2.45, 2.75) is 4.90 Å². The summed E-state index contributed by atoms with van der Waals surface area (Å²) in [5, 5.41) is 6.89. The van der Waals surface area contributed by atoms with Crippen molar-refractivity contribution >= 4 is 21.5 Å². The molecule has 0 aromatic carbocycles. The van der Waals surface area contributed by atoms with Gasteiger partial charge in [-0.25, -0.2) is 8.42 Å². The summed E-state index contributed by atoms with van der Waals surface area (Å²) in [6.07, 6.45) is 1.10. The fourth-order valence-corrected chi connectivity index (χ4v) is 2.61. The van der Waals surface area contributed by atoms with Gasteiger partial charge in [0, 0.05) is 32.4 Å². The molecule has 2 heterocycles. The van der Waals surface area contributed by atoms with Gasteiger partial charge >= 0.3 is 0 Å². The Labute approximate surface area is 93.5 Å². The van der Waals surface area contributed by atoms with Crippen LogP contribution in [-0.2, 0) is 9.84 Å². The summed E-state index contributed by atoms with van der Waals surface area (Å²) in [6, 6.07) is 0. The molecule has 8 heteroatoms. The first-order valence-corrected chi connectivity index (χ1v) is 6.80. The fraction of sp³-hybridized carbons (Fsp3) is 0.625. The summed E-state index contributed by atoms with van der Waals surface area (Å²) in [5.41, 5.74) is 5.48. The standard InChI is InChI=1S/C8H14N4O3S/c1-16(13,14)6-7(9)15-11-8(6)12-4-2-10-3-5-12/h10H,2-5,9H2,1H3. The summed E-state index contributed by atoms with van der Waals surface area (Å²) >= 11 is 0. The number of hydrogen-bond acceptors (Lipinski definition) is 7. The van der Waals surface area contributed by atoms with E-state index in [1.807, 2.05) is 4.90 Å². The molecule has 1 aromatic heterocycles. The molecule has 2 rings (SSSR count). The topological polar surface area (TPSA) is 101 Å². The van der Waals surface area contributed by atoms with Crippen LogP contribution in [0, 0.1) is 0 Å². The highest BCUT2D eigenvalue weighted by molar-refractivity contribution is 7.91. The zero-order chi connectivity index (χ0) is 11.8. The molecule has 7 nitrogen and oxygen atoms in total. The molecular weight excluding hydrogens is 232 g/mol. The summed E-state index contributed by atoms with van der Waals surface area (Å²) in [6.45, 7) is 2.95. The van der Waals surface area contributed by atoms with Gasteiger partial charge in [0.25, 0.3) is 0 Å². The molecular formula is C8H14N4O3S. The van der Waals surface area contributed by atoms with Crippen molar-refractivity contribution in [2.75, 3.05) is 43.1 Å². The predicted molar refractivity (Wildman–Crippen MR) is 59.1 cm³/mol. The lowest BCUT2D eigenvalue weighted by molar-refractivity contribution is 0.431. The molecule has 0 amide bonds. The van der Waals surface area contributed by atoms with Crippen molar-refractivity contribution in [1.82, 2.24) is 10.5 Å². The lowest BCUT2D eigenvalue weighted by atomic mass is 10.3. The Morgan fingerprint density at radius 3 is 2.62 bits per heavy atom. The normalized spacial score (nSPS) is 17.7. The van der Waals surface area contributed by atoms with Crippen LogP contribution in [0.25, 0.3) is 0 Å². The van der Waals surface area contributed by atoms with Crippen molar-refractivity contribution in [3.05, 3.63) is 0 Å². The second kappa shape index (κ2) is 3.95. The van der Waals surface area contributed by atoms with Gasteiger partial charge in [0.2, 0.25) is 5.88 Å². The number of aromatic nitrogens is 1. The molecule has 0 saturated carbocycles. The van der Waals surface area contributed by atoms with Crippen LogP contribution >= 0.6 is 0 Å². The van der Waals surface area contributed by atoms with Gasteiger partial charge < -0.3 is 20.5 Å². The van der Waals surface area contributed by atoms with Gasteiger partial charge in [0.15, 0.2) is 20.6 Å². The molecule has 1 fully saturated rings. The first-order chi connectivity index (χ1) is 7.50. The van der Waals surface area contributed by atoms with Crippen LogP contribution in [0.2, 0.25) is 0 Å². The minimum absolute atomic E-state index is 0.00519. The van der Waals surface area contributed by atoms with E-state index < -0.39 is 9.84 Å². The summed E-state index contributed by atoms with van der Waals surface area (Å²) < 4.78 is 27.9. The van der Waals surface area contributed by atoms with E-state index in [2.05, 4.69) is 10.5 Å². The average Bonchev–Trinajstić information content (AvgIpc) is 2.61. The van der Waals surface area contributed by atoms with Crippen LogP contribution in [0.5, 0.6) is 0 Å². The minimum atomic E-state index is -3.41. The van der Waals surface area contributed by atoms with Gasteiger partial charge in [-0.2, -0.15) is 0 Å². The first kappa shape index (κ1) is 11.2. The number of anilines is 2. The van der Waals surface area contributed by atoms with Gasteiger partial charge in [-0.1, -0.05) is 5.16 Å². The first-order valence-electron chi connectivity index (χ1n) is 4.91. The van der Waals surface area contributed by atoms with Crippen LogP contribution in [0.1, 0.15) is 0 Å². The van der Waals surface area contributed by atoms with Gasteiger partial charge in [0.1, 0.15) is 0 Å². The third-order valence-electron chi connectivity index (χ3n) is 2.44. The minimum Gasteiger partial charge on any atom is -0.366 e. The van der Waals surface area contributed by atoms with Crippen molar-refractivity contribution in [1.29, 1.82) is 0 Å². The molecule has 0 unspecified atom stereocenters. The SMILES string of the molecule is CS(=O)(=O)c1c(N2CCNCC2)noc1N. The molecule has 16 heavy (non-hydrogen) atoms. The van der Waals surface area contributed by atoms with E-state index in [9.17, 15) is 8.42 Å². The predicted octanol–water partition coefficient (Wildman–Crippen LogP) is -0.930. The Kier molecular flexibility index (Phi) is 2.76. The number of nitrogens with one attached hydrogen (secondary N) is 1. The molecule has 3 N–H and O–H groups in total. The Morgan fingerprint density at radius 1 is 1.44 bits per heavy atom. The third kappa shape index (κ3) is 1.98. The van der Waals surface area contributed by atoms with Crippen LogP contribution in [-0.4, -0.2) is 46.0 Å². The van der Waals surface area contributed by atoms with Crippen LogP contribution in [0.15, 0.2) is 9.42 Å². The Balaban J connectivity index is 2.41. The van der Waals surface area contributed by atoms with Crippen molar-refractivity contribution in [3.8, 4) is 0 Å². The van der Waals surface area contributed by atoms with Crippen LogP contribution < -0.4 is 16.0 Å². The van der Waals surface area contributed by atoms with Gasteiger partial charge in [0.05, 0.1) is 0 Å². The third-order valence-corrected chi connectivity index (χ3v) is 3.57. The maximum atomic E-state index is 11.6. The number of piperazine rings is 1. The second-order valence-electron chi connectivity index (χ2n) is 3.71. The summed E-state index contributed by atoms with van der Waals surface area (Å²) in [4.78, 5) is 1.85. The molecule has 0 aliphatic carbocycles. The zero-order valence-electron chi connectivity index (χ0n) is 8.93. The van der Waals surface area contributed by atoms with E-state index in [1.54, 1.807) is 0 Å². The highest BCUT2D eigenvalue weighted by atomic mass is 32.2. The average molecular weight is 246 g/mol. The Bertz CT molecular complexity index is 475. The van der Waals surface area contributed by atoms with Gasteiger partial charge in [-0.05, 0) is 0 Å². The van der Waals surface area contributed by atoms with Crippen LogP contribution in [0.4, 0.5) is 11.7 Å². The molecule has 1 saturated heterocycles. The molecule has 1 aromatic rings. The smallest absolute Gasteiger partial charge is 0.243 e. The highest BCUT2D eigenvalue weighted by Gasteiger charge is 2.27. The van der Waals surface area contributed by atoms with E-state index in [0.717, 1.165) is 19.3 Å². The Morgan fingerprint density at radius 2 is 2.06 bits per heavy atom. The molecule has 1 aliphatic heterocycles. The Hall–Kier alpha value is -1.28. The highest BCUT2D eigenvalue weighted by Crippen LogP contribution is 2.29. The summed E-state index contributed by atoms with van der Waals surface area (Å²) in [7, 11) is -3.41. The largest absolute Gasteiger partial charge is 0.366 e. The monoisotopic (exact) mass is 246 g/mol. The van der Waals surface area contributed by atoms with E-state index in [4.69, 9.17) is 10.3 Å². The molecule has 1 aliphatic rings. The molecule has 0 bridgehead atoms. The zero-order valence-corrected chi connectivity index (χ0v) is 9.75. The van der Waals surface area contributed by atoms with E-state index in [-0.39, 0.29) is 10.8 Å². The van der Waals surface area contributed by atoms with Crippen molar-refractivity contribution in [3.63, 3.8) is 0 Å². The number of nitrogens with zero attached hydrogens (tertiary/aromatic N) is 2. The quantitative estimate of drug-likeness (QED) is 0.695. The van der Waals surface area contributed by atoms with E-state index >= 15 is 0 Å². The number of hydrogen-bond donors (Lipinski definition) is 2. The van der Waals surface area contributed by atoms with Crippen molar-refractivity contribution in [2.24, 2.45) is 0 Å². The number of nitrogen functional groups attached to an aromatic ring is 1. The maximum absolute atomic E-state index is 11.6. The maximum Gasteiger partial charge on any atom is 0.243 e.